The summed E-state index contributed by atoms with van der Waals surface area (Å²) in [7, 11) is 6.00. The van der Waals surface area contributed by atoms with E-state index >= 15 is 0 Å². The Hall–Kier alpha value is -2.85. The van der Waals surface area contributed by atoms with Gasteiger partial charge in [0.25, 0.3) is 0 Å². The number of nitrogens with zero attached hydrogens (tertiary/aromatic N) is 2. The second kappa shape index (κ2) is 8.90. The average molecular weight is 603 g/mol. The molecule has 10 rings (SSSR count). The Bertz CT molecular complexity index is 1600. The first-order valence-corrected chi connectivity index (χ1v) is 16.4. The van der Waals surface area contributed by atoms with E-state index in [1.165, 1.54) is 11.1 Å². The van der Waals surface area contributed by atoms with Crippen LogP contribution in [0.4, 0.5) is 0 Å². The van der Waals surface area contributed by atoms with Gasteiger partial charge in [-0.25, -0.2) is 0 Å². The van der Waals surface area contributed by atoms with Crippen molar-refractivity contribution in [1.29, 1.82) is 0 Å². The monoisotopic (exact) mass is 602 g/mol. The number of benzene rings is 2. The molecule has 4 aliphatic heterocycles. The van der Waals surface area contributed by atoms with Gasteiger partial charge in [-0.05, 0) is 101 Å². The lowest BCUT2D eigenvalue weighted by atomic mass is 9.49. The van der Waals surface area contributed by atoms with Gasteiger partial charge in [0, 0.05) is 35.0 Å². The third-order valence-electron chi connectivity index (χ3n) is 13.3. The lowest BCUT2D eigenvalue weighted by molar-refractivity contribution is -0.185. The van der Waals surface area contributed by atoms with Crippen LogP contribution in [0.5, 0.6) is 23.0 Å². The summed E-state index contributed by atoms with van der Waals surface area (Å²) < 4.78 is 17.8. The summed E-state index contributed by atoms with van der Waals surface area (Å²) in [5.41, 5.74) is 3.15. The maximum atomic E-state index is 12.5. The fraction of sp³-hybridized carbons (Fsp3) is 0.629. The van der Waals surface area contributed by atoms with Gasteiger partial charge in [-0.2, -0.15) is 0 Å². The smallest absolute Gasteiger partial charge is 0.174 e. The minimum atomic E-state index is -0.954. The number of hydrogen-bond donors (Lipinski definition) is 3. The van der Waals surface area contributed by atoms with E-state index in [9.17, 15) is 20.1 Å². The number of likely N-dealkylation sites (N-methyl/N-ethyl adjacent to an activating group) is 2. The van der Waals surface area contributed by atoms with Crippen LogP contribution >= 0.6 is 0 Å². The van der Waals surface area contributed by atoms with Crippen molar-refractivity contribution < 1.29 is 34.3 Å². The Balaban J connectivity index is 0.000000123. The van der Waals surface area contributed by atoms with Gasteiger partial charge in [-0.3, -0.25) is 4.79 Å². The van der Waals surface area contributed by atoms with Gasteiger partial charge in [-0.15, -0.1) is 0 Å². The maximum absolute atomic E-state index is 12.5. The average Bonchev–Trinajstić information content (AvgIpc) is 3.56. The first-order chi connectivity index (χ1) is 21.2. The van der Waals surface area contributed by atoms with Gasteiger partial charge in [0.15, 0.2) is 34.9 Å². The highest BCUT2D eigenvalue weighted by Crippen LogP contribution is 2.65. The Morgan fingerprint density at radius 1 is 0.932 bits per heavy atom. The van der Waals surface area contributed by atoms with Crippen LogP contribution in [0.15, 0.2) is 24.3 Å². The number of carbonyl (C=O) groups excluding carboxylic acids is 1. The predicted octanol–water partition coefficient (Wildman–Crippen LogP) is 2.47. The number of methoxy groups -OCH3 is 1. The lowest BCUT2D eigenvalue weighted by Crippen LogP contribution is -2.76. The molecule has 0 aromatic heterocycles. The van der Waals surface area contributed by atoms with Crippen molar-refractivity contribution >= 4 is 5.78 Å². The predicted molar refractivity (Wildman–Crippen MR) is 161 cm³/mol. The molecule has 2 aromatic rings. The molecule has 2 aromatic carbocycles. The molecule has 9 atom stereocenters. The zero-order chi connectivity index (χ0) is 30.3. The quantitative estimate of drug-likeness (QED) is 0.453. The molecule has 234 valence electrons. The Morgan fingerprint density at radius 2 is 1.70 bits per heavy atom. The van der Waals surface area contributed by atoms with E-state index in [0.717, 1.165) is 67.8 Å². The highest BCUT2D eigenvalue weighted by molar-refractivity contribution is 5.90. The fourth-order valence-electron chi connectivity index (χ4n) is 11.4. The summed E-state index contributed by atoms with van der Waals surface area (Å²) in [4.78, 5) is 17.3. The summed E-state index contributed by atoms with van der Waals surface area (Å²) in [6.07, 6.45) is 5.30. The molecule has 2 saturated carbocycles. The normalized spacial score (nSPS) is 41.9. The van der Waals surface area contributed by atoms with Crippen molar-refractivity contribution in [3.05, 3.63) is 46.5 Å². The number of aromatic hydroxyl groups is 1. The summed E-state index contributed by atoms with van der Waals surface area (Å²) >= 11 is 0. The van der Waals surface area contributed by atoms with Crippen LogP contribution in [-0.2, 0) is 28.5 Å². The number of phenolic OH excluding ortho intramolecular Hbond substituents is 1. The van der Waals surface area contributed by atoms with Crippen molar-refractivity contribution in [2.75, 3.05) is 34.3 Å². The van der Waals surface area contributed by atoms with Gasteiger partial charge in [-0.1, -0.05) is 12.1 Å². The SMILES string of the molecule is CN1CC[C@]23c4c5ccc(O)c4O[C@H]2C(=O)CC[C@@]3(O)[C@H]1C5.COc1ccc2c3c1O[C@H]1[C@@H](O)CC[C@H]4[C@@H](C2)N(C)CC[C@@]341. The summed E-state index contributed by atoms with van der Waals surface area (Å²) in [5, 5.41) is 32.5. The van der Waals surface area contributed by atoms with E-state index in [1.807, 2.05) is 19.2 Å². The highest BCUT2D eigenvalue weighted by atomic mass is 16.5. The molecule has 4 heterocycles. The van der Waals surface area contributed by atoms with Gasteiger partial charge >= 0.3 is 0 Å². The first kappa shape index (κ1) is 27.5. The molecule has 44 heavy (non-hydrogen) atoms. The van der Waals surface area contributed by atoms with Crippen molar-refractivity contribution in [3.63, 3.8) is 0 Å². The minimum Gasteiger partial charge on any atom is -0.504 e. The molecule has 4 bridgehead atoms. The van der Waals surface area contributed by atoms with Crippen molar-refractivity contribution in [2.45, 2.75) is 98.2 Å². The molecule has 0 unspecified atom stereocenters. The third-order valence-corrected chi connectivity index (χ3v) is 13.3. The van der Waals surface area contributed by atoms with Crippen molar-refractivity contribution in [1.82, 2.24) is 9.80 Å². The largest absolute Gasteiger partial charge is 0.504 e. The second-order valence-electron chi connectivity index (χ2n) is 14.7. The molecule has 2 spiro atoms. The number of ketones is 1. The number of aliphatic hydroxyl groups is 2. The van der Waals surface area contributed by atoms with Crippen molar-refractivity contribution in [2.24, 2.45) is 5.92 Å². The highest BCUT2D eigenvalue weighted by Gasteiger charge is 2.73. The molecule has 2 saturated heterocycles. The summed E-state index contributed by atoms with van der Waals surface area (Å²) in [6.45, 7) is 1.92. The van der Waals surface area contributed by atoms with Crippen LogP contribution in [-0.4, -0.2) is 101 Å². The third kappa shape index (κ3) is 3.03. The number of piperidine rings is 2. The number of aliphatic hydroxyl groups excluding tert-OH is 1. The second-order valence-corrected chi connectivity index (χ2v) is 14.7. The van der Waals surface area contributed by atoms with Gasteiger partial charge in [0.2, 0.25) is 0 Å². The van der Waals surface area contributed by atoms with Gasteiger partial charge < -0.3 is 39.3 Å². The number of likely N-dealkylation sites (tertiary alicyclic amines) is 2. The number of rotatable bonds is 1. The molecular weight excluding hydrogens is 560 g/mol. The Morgan fingerprint density at radius 3 is 2.52 bits per heavy atom. The lowest BCUT2D eigenvalue weighted by Gasteiger charge is -2.61. The van der Waals surface area contributed by atoms with E-state index in [-0.39, 0.29) is 35.2 Å². The zero-order valence-electron chi connectivity index (χ0n) is 25.7. The van der Waals surface area contributed by atoms with E-state index in [2.05, 4.69) is 22.9 Å². The number of ether oxygens (including phenoxy) is 3. The number of Topliss-reactive ketones (excluding diaryl/α,β-unsaturated/α-hetero) is 1. The topological polar surface area (TPSA) is 112 Å². The Kier molecular flexibility index (Phi) is 5.55. The number of phenols is 1. The van der Waals surface area contributed by atoms with Gasteiger partial charge in [0.05, 0.1) is 24.2 Å². The molecule has 4 aliphatic carbocycles. The minimum absolute atomic E-state index is 0.00319. The molecule has 4 fully saturated rings. The molecule has 9 heteroatoms. The van der Waals surface area contributed by atoms with E-state index in [4.69, 9.17) is 14.2 Å². The van der Waals surface area contributed by atoms with E-state index in [0.29, 0.717) is 37.0 Å². The standard InChI is InChI=1S/C18H23NO3.C17H19NO4/c1-19-8-7-18-11-4-5-13(20)17(18)22-16-14(21-2)6-3-10(15(16)18)9-12(11)19;1-18-7-6-16-13-9-2-3-10(19)14(13)22-15(16)11(20)4-5-17(16,21)12(18)8-9/h3,6,11-13,17,20H,4-5,7-9H2,1-2H3;2-3,12,15,19,21H,4-8H2,1H3/t11-,12+,13-,17-,18-;12-,15+,16+,17-/m01/s1. The Labute approximate surface area is 257 Å². The molecule has 3 N–H and O–H groups in total. The number of hydrogen-bond acceptors (Lipinski definition) is 9. The molecular formula is C35H42N2O7. The summed E-state index contributed by atoms with van der Waals surface area (Å²) in [5.74, 6) is 2.90. The molecule has 9 nitrogen and oxygen atoms in total. The van der Waals surface area contributed by atoms with Crippen LogP contribution in [0.3, 0.4) is 0 Å². The van der Waals surface area contributed by atoms with E-state index in [1.54, 1.807) is 13.2 Å². The molecule has 8 aliphatic rings. The van der Waals surface area contributed by atoms with Crippen LogP contribution < -0.4 is 14.2 Å². The fourth-order valence-corrected chi connectivity index (χ4v) is 11.4. The van der Waals surface area contributed by atoms with Crippen LogP contribution in [0.25, 0.3) is 0 Å². The number of carbonyl (C=O) groups is 1. The maximum Gasteiger partial charge on any atom is 0.174 e. The molecule has 0 amide bonds. The zero-order valence-corrected chi connectivity index (χ0v) is 25.7. The van der Waals surface area contributed by atoms with Crippen LogP contribution in [0.2, 0.25) is 0 Å². The van der Waals surface area contributed by atoms with Gasteiger partial charge in [0.1, 0.15) is 6.10 Å². The van der Waals surface area contributed by atoms with Crippen LogP contribution in [0, 0.1) is 5.92 Å². The van der Waals surface area contributed by atoms with Crippen molar-refractivity contribution in [3.8, 4) is 23.0 Å². The molecule has 0 radical (unpaired) electrons. The van der Waals surface area contributed by atoms with E-state index < -0.39 is 17.1 Å². The summed E-state index contributed by atoms with van der Waals surface area (Å²) in [6, 6.07) is 8.40. The first-order valence-electron chi connectivity index (χ1n) is 16.4. The van der Waals surface area contributed by atoms with Crippen LogP contribution in [0.1, 0.15) is 60.8 Å².